The van der Waals surface area contributed by atoms with Crippen LogP contribution in [0.2, 0.25) is 0 Å². The van der Waals surface area contributed by atoms with Crippen LogP contribution in [0.3, 0.4) is 0 Å². The molecule has 3 N–H and O–H groups in total. The van der Waals surface area contributed by atoms with E-state index in [0.717, 1.165) is 83.5 Å². The summed E-state index contributed by atoms with van der Waals surface area (Å²) in [6, 6.07) is -0.870. The molecule has 0 heterocycles. The first-order chi connectivity index (χ1) is 45.0. The van der Waals surface area contributed by atoms with Crippen molar-refractivity contribution in [2.24, 2.45) is 0 Å². The number of aliphatic hydroxyl groups is 1. The van der Waals surface area contributed by atoms with E-state index in [0.29, 0.717) is 17.4 Å². The quantitative estimate of drug-likeness (QED) is 0.0243. The number of quaternary nitrogens is 1. The number of unbranched alkanes of at least 4 members (excludes halogenated alkanes) is 43. The summed E-state index contributed by atoms with van der Waals surface area (Å²) in [5, 5.41) is 14.0. The number of phosphoric ester groups is 1. The number of phosphoric acid groups is 1. The first-order valence-corrected chi connectivity index (χ1v) is 40.8. The molecule has 1 amide bonds. The van der Waals surface area contributed by atoms with E-state index in [-0.39, 0.29) is 19.1 Å². The standard InChI is InChI=1S/C83H151N2O6P/c1-6-8-10-12-14-16-18-20-22-24-26-28-30-32-34-36-38-39-40-41-42-43-44-45-47-49-51-53-55-57-59-61-63-65-67-69-71-73-75-77-83(87)84-81(80-91-92(88,89)90-79-78-85(3,4)5)82(86)76-74-72-70-68-66-64-62-60-58-56-54-52-50-48-46-37-35-33-31-29-27-25-23-21-19-17-15-13-11-9-7-2/h8,10,14,16,20,22,26,28,32,34,38-39,41-42,66,68,74,76,81-82,86H,6-7,9,11-13,15,17-19,21,23-25,27,29-31,33,35-37,40,43-65,67,69-73,75,77-80H2,1-5H3,(H-,84,87,88,89)/p+1/b10-8-,16-14-,22-20-,28-26-,34-32-,39-38-,42-41-,68-66+,76-74+. The molecule has 534 valence electrons. The van der Waals surface area contributed by atoms with Gasteiger partial charge in [0.2, 0.25) is 5.91 Å². The fraction of sp³-hybridized carbons (Fsp3) is 0.771. The molecule has 9 heteroatoms. The van der Waals surface area contributed by atoms with Crippen molar-refractivity contribution in [3.8, 4) is 0 Å². The predicted molar refractivity (Wildman–Crippen MR) is 405 cm³/mol. The highest BCUT2D eigenvalue weighted by Crippen LogP contribution is 2.43. The Hall–Kier alpha value is -2.84. The lowest BCUT2D eigenvalue weighted by Crippen LogP contribution is -2.45. The molecule has 0 aromatic heterocycles. The number of allylic oxidation sites excluding steroid dienone is 17. The summed E-state index contributed by atoms with van der Waals surface area (Å²) in [6.45, 7) is 4.72. The SMILES string of the molecule is CC/C=C\C/C=C\C/C=C\C/C=C\C/C=C\C/C=C\C/C=C\CCCCCCCCCCCCCCCCCCCC(=O)NC(COP(=O)(O)OCC[N+](C)(C)C)C(O)/C=C/CC/C=C/CCCCCCCCCCCCCCCCCCCCCCCCCCC. The minimum Gasteiger partial charge on any atom is -0.387 e. The van der Waals surface area contributed by atoms with Crippen molar-refractivity contribution in [3.05, 3.63) is 109 Å². The summed E-state index contributed by atoms with van der Waals surface area (Å²) in [5.41, 5.74) is 0. The number of amides is 1. The van der Waals surface area contributed by atoms with Gasteiger partial charge in [-0.15, -0.1) is 0 Å². The lowest BCUT2D eigenvalue weighted by Gasteiger charge is -2.25. The number of carbonyl (C=O) groups excluding carboxylic acids is 1. The van der Waals surface area contributed by atoms with Crippen LogP contribution < -0.4 is 5.32 Å². The zero-order valence-corrected chi connectivity index (χ0v) is 62.2. The zero-order valence-electron chi connectivity index (χ0n) is 61.3. The maximum atomic E-state index is 13.1. The molecule has 0 bridgehead atoms. The second-order valence-corrected chi connectivity index (χ2v) is 29.2. The highest BCUT2D eigenvalue weighted by Gasteiger charge is 2.28. The van der Waals surface area contributed by atoms with Crippen molar-refractivity contribution in [2.75, 3.05) is 40.9 Å². The Labute approximate surface area is 572 Å². The number of nitrogens with one attached hydrogen (secondary N) is 1. The van der Waals surface area contributed by atoms with E-state index in [1.165, 1.54) is 257 Å². The monoisotopic (exact) mass is 1300 g/mol. The van der Waals surface area contributed by atoms with Crippen molar-refractivity contribution in [1.29, 1.82) is 0 Å². The Balaban J connectivity index is 4.03. The third kappa shape index (κ3) is 74.6. The van der Waals surface area contributed by atoms with Gasteiger partial charge in [0.05, 0.1) is 39.9 Å². The van der Waals surface area contributed by atoms with Crippen LogP contribution in [0.25, 0.3) is 0 Å². The zero-order chi connectivity index (χ0) is 66.9. The lowest BCUT2D eigenvalue weighted by atomic mass is 10.0. The highest BCUT2D eigenvalue weighted by atomic mass is 31.2. The second kappa shape index (κ2) is 72.4. The number of aliphatic hydroxyl groups excluding tert-OH is 1. The third-order valence-electron chi connectivity index (χ3n) is 17.5. The topological polar surface area (TPSA) is 105 Å². The van der Waals surface area contributed by atoms with Gasteiger partial charge in [-0.2, -0.15) is 0 Å². The van der Waals surface area contributed by atoms with Crippen LogP contribution in [0.1, 0.15) is 361 Å². The molecule has 0 aromatic rings. The van der Waals surface area contributed by atoms with Crippen LogP contribution in [0.4, 0.5) is 0 Å². The van der Waals surface area contributed by atoms with E-state index in [2.05, 4.69) is 116 Å². The molecule has 0 aromatic carbocycles. The van der Waals surface area contributed by atoms with Gasteiger partial charge in [0, 0.05) is 6.42 Å². The first-order valence-electron chi connectivity index (χ1n) is 39.3. The average Bonchev–Trinajstić information content (AvgIpc) is 2.63. The van der Waals surface area contributed by atoms with E-state index < -0.39 is 20.0 Å². The summed E-state index contributed by atoms with van der Waals surface area (Å²) in [4.78, 5) is 23.5. The van der Waals surface area contributed by atoms with Gasteiger partial charge in [0.15, 0.2) is 0 Å². The van der Waals surface area contributed by atoms with Crippen molar-refractivity contribution < 1.29 is 32.9 Å². The van der Waals surface area contributed by atoms with E-state index in [1.54, 1.807) is 6.08 Å². The van der Waals surface area contributed by atoms with Crippen LogP contribution in [-0.2, 0) is 18.4 Å². The number of rotatable bonds is 72. The minimum absolute atomic E-state index is 0.0539. The molecule has 0 rings (SSSR count). The minimum atomic E-state index is -4.37. The lowest BCUT2D eigenvalue weighted by molar-refractivity contribution is -0.870. The van der Waals surface area contributed by atoms with Crippen molar-refractivity contribution in [2.45, 2.75) is 373 Å². The highest BCUT2D eigenvalue weighted by molar-refractivity contribution is 7.47. The maximum Gasteiger partial charge on any atom is 0.472 e. The molecule has 92 heavy (non-hydrogen) atoms. The summed E-state index contributed by atoms with van der Waals surface area (Å²) < 4.78 is 23.9. The van der Waals surface area contributed by atoms with E-state index in [4.69, 9.17) is 9.05 Å². The van der Waals surface area contributed by atoms with Gasteiger partial charge in [-0.3, -0.25) is 13.8 Å². The van der Waals surface area contributed by atoms with Crippen LogP contribution in [0, 0.1) is 0 Å². The van der Waals surface area contributed by atoms with E-state index >= 15 is 0 Å². The predicted octanol–water partition coefficient (Wildman–Crippen LogP) is 25.8. The maximum absolute atomic E-state index is 13.1. The normalized spacial score (nSPS) is 14.1. The van der Waals surface area contributed by atoms with Crippen LogP contribution >= 0.6 is 7.82 Å². The number of likely N-dealkylation sites (N-methyl/N-ethyl adjacent to an activating group) is 1. The number of nitrogens with zero attached hydrogens (tertiary/aromatic N) is 1. The molecular weight excluding hydrogens is 1150 g/mol. The molecule has 3 unspecified atom stereocenters. The number of hydrogen-bond donors (Lipinski definition) is 3. The Kier molecular flexibility index (Phi) is 70.2. The van der Waals surface area contributed by atoms with Gasteiger partial charge >= 0.3 is 7.82 Å². The Bertz CT molecular complexity index is 1870. The Morgan fingerprint density at radius 3 is 1.00 bits per heavy atom. The number of carbonyl (C=O) groups is 1. The van der Waals surface area contributed by atoms with Crippen molar-refractivity contribution >= 4 is 13.7 Å². The molecule has 0 radical (unpaired) electrons. The van der Waals surface area contributed by atoms with Gasteiger partial charge in [0.25, 0.3) is 0 Å². The molecule has 0 fully saturated rings. The molecule has 0 saturated carbocycles. The molecule has 0 saturated heterocycles. The average molecular weight is 1310 g/mol. The molecule has 8 nitrogen and oxygen atoms in total. The third-order valence-corrected chi connectivity index (χ3v) is 18.5. The first kappa shape index (κ1) is 89.2. The Morgan fingerprint density at radius 2 is 0.663 bits per heavy atom. The molecular formula is C83H152N2O6P+. The summed E-state index contributed by atoms with van der Waals surface area (Å²) >= 11 is 0. The summed E-state index contributed by atoms with van der Waals surface area (Å²) in [6.07, 6.45) is 107. The number of hydrogen-bond acceptors (Lipinski definition) is 5. The largest absolute Gasteiger partial charge is 0.472 e. The Morgan fingerprint density at radius 1 is 0.380 bits per heavy atom. The summed E-state index contributed by atoms with van der Waals surface area (Å²) in [7, 11) is 1.56. The van der Waals surface area contributed by atoms with Gasteiger partial charge in [0.1, 0.15) is 13.2 Å². The molecule has 0 aliphatic rings. The van der Waals surface area contributed by atoms with Crippen molar-refractivity contribution in [3.63, 3.8) is 0 Å². The van der Waals surface area contributed by atoms with Crippen LogP contribution in [0.5, 0.6) is 0 Å². The smallest absolute Gasteiger partial charge is 0.387 e. The fourth-order valence-corrected chi connectivity index (χ4v) is 12.2. The van der Waals surface area contributed by atoms with Gasteiger partial charge < -0.3 is 19.8 Å². The van der Waals surface area contributed by atoms with Gasteiger partial charge in [-0.1, -0.05) is 374 Å². The summed E-state index contributed by atoms with van der Waals surface area (Å²) in [5.74, 6) is -0.184. The molecule has 3 atom stereocenters. The van der Waals surface area contributed by atoms with Crippen LogP contribution in [-0.4, -0.2) is 73.4 Å². The molecule has 0 aliphatic heterocycles. The fourth-order valence-electron chi connectivity index (χ4n) is 11.5. The van der Waals surface area contributed by atoms with E-state index in [1.807, 2.05) is 27.2 Å². The molecule has 0 aliphatic carbocycles. The second-order valence-electron chi connectivity index (χ2n) is 27.7. The van der Waals surface area contributed by atoms with Gasteiger partial charge in [-0.25, -0.2) is 4.57 Å². The van der Waals surface area contributed by atoms with E-state index in [9.17, 15) is 19.4 Å². The molecule has 0 spiro atoms. The van der Waals surface area contributed by atoms with Crippen molar-refractivity contribution in [1.82, 2.24) is 5.32 Å². The van der Waals surface area contributed by atoms with Crippen LogP contribution in [0.15, 0.2) is 109 Å². The van der Waals surface area contributed by atoms with Gasteiger partial charge in [-0.05, 0) is 89.9 Å².